The van der Waals surface area contributed by atoms with Crippen molar-refractivity contribution < 1.29 is 22.7 Å². The first-order valence-electron chi connectivity index (χ1n) is 7.73. The standard InChI is InChI=1S/C16H22ClNO5S/c1-10(2)8-23-15-13(17)6-11(7-14(15)22-3)16(19)18-12-4-5-24(20,21)9-12/h6-7,10,12H,4-5,8-9H2,1-3H3,(H,18,19). The van der Waals surface area contributed by atoms with Crippen LogP contribution in [0.15, 0.2) is 12.1 Å². The van der Waals surface area contributed by atoms with Gasteiger partial charge in [-0.3, -0.25) is 4.79 Å². The molecule has 1 unspecified atom stereocenters. The molecule has 1 aliphatic rings. The Balaban J connectivity index is 2.15. The fourth-order valence-electron chi connectivity index (χ4n) is 2.42. The molecule has 1 saturated heterocycles. The third kappa shape index (κ3) is 4.77. The molecule has 2 rings (SSSR count). The number of benzene rings is 1. The zero-order valence-electron chi connectivity index (χ0n) is 14.0. The molecule has 0 saturated carbocycles. The molecule has 1 N–H and O–H groups in total. The lowest BCUT2D eigenvalue weighted by Crippen LogP contribution is -2.35. The average molecular weight is 376 g/mol. The average Bonchev–Trinajstić information content (AvgIpc) is 2.83. The summed E-state index contributed by atoms with van der Waals surface area (Å²) in [5.74, 6) is 0.773. The Hall–Kier alpha value is -1.47. The lowest BCUT2D eigenvalue weighted by atomic mass is 10.1. The van der Waals surface area contributed by atoms with Gasteiger partial charge in [-0.1, -0.05) is 25.4 Å². The molecule has 1 amide bonds. The number of methoxy groups -OCH3 is 1. The molecule has 0 aromatic heterocycles. The highest BCUT2D eigenvalue weighted by Crippen LogP contribution is 2.36. The zero-order valence-corrected chi connectivity index (χ0v) is 15.5. The Kier molecular flexibility index (Phi) is 5.98. The number of carbonyl (C=O) groups is 1. The predicted octanol–water partition coefficient (Wildman–Crippen LogP) is 2.30. The summed E-state index contributed by atoms with van der Waals surface area (Å²) in [6.07, 6.45) is 0.425. The van der Waals surface area contributed by atoms with Gasteiger partial charge in [0.1, 0.15) is 0 Å². The van der Waals surface area contributed by atoms with Crippen molar-refractivity contribution in [3.63, 3.8) is 0 Å². The summed E-state index contributed by atoms with van der Waals surface area (Å²) < 4.78 is 33.9. The van der Waals surface area contributed by atoms with E-state index in [1.807, 2.05) is 13.8 Å². The van der Waals surface area contributed by atoms with Gasteiger partial charge < -0.3 is 14.8 Å². The fraction of sp³-hybridized carbons (Fsp3) is 0.562. The van der Waals surface area contributed by atoms with Gasteiger partial charge in [-0.25, -0.2) is 8.42 Å². The number of ether oxygens (including phenoxy) is 2. The summed E-state index contributed by atoms with van der Waals surface area (Å²) in [4.78, 5) is 12.3. The molecule has 1 aromatic carbocycles. The third-order valence-electron chi connectivity index (χ3n) is 3.62. The van der Waals surface area contributed by atoms with E-state index in [0.717, 1.165) is 0 Å². The maximum atomic E-state index is 12.3. The van der Waals surface area contributed by atoms with E-state index in [1.165, 1.54) is 13.2 Å². The summed E-state index contributed by atoms with van der Waals surface area (Å²) in [6, 6.07) is 2.67. The quantitative estimate of drug-likeness (QED) is 0.825. The van der Waals surface area contributed by atoms with Gasteiger partial charge in [0.15, 0.2) is 21.3 Å². The van der Waals surface area contributed by atoms with Crippen LogP contribution in [0.1, 0.15) is 30.6 Å². The molecule has 1 aliphatic heterocycles. The lowest BCUT2D eigenvalue weighted by molar-refractivity contribution is 0.0940. The highest BCUT2D eigenvalue weighted by atomic mass is 35.5. The van der Waals surface area contributed by atoms with Crippen LogP contribution in [-0.4, -0.2) is 45.6 Å². The van der Waals surface area contributed by atoms with Gasteiger partial charge >= 0.3 is 0 Å². The number of amides is 1. The zero-order chi connectivity index (χ0) is 17.9. The fourth-order valence-corrected chi connectivity index (χ4v) is 4.36. The molecule has 24 heavy (non-hydrogen) atoms. The molecule has 0 bridgehead atoms. The third-order valence-corrected chi connectivity index (χ3v) is 5.67. The molecular formula is C16H22ClNO5S. The number of sulfone groups is 1. The number of hydrogen-bond donors (Lipinski definition) is 1. The minimum absolute atomic E-state index is 0.0286. The molecule has 0 aliphatic carbocycles. The summed E-state index contributed by atoms with van der Waals surface area (Å²) in [5.41, 5.74) is 0.304. The molecule has 8 heteroatoms. The van der Waals surface area contributed by atoms with E-state index >= 15 is 0 Å². The second kappa shape index (κ2) is 7.61. The number of rotatable bonds is 6. The van der Waals surface area contributed by atoms with Crippen LogP contribution in [0, 0.1) is 5.92 Å². The van der Waals surface area contributed by atoms with Crippen molar-refractivity contribution in [1.29, 1.82) is 0 Å². The molecule has 134 valence electrons. The molecule has 1 heterocycles. The second-order valence-corrected chi connectivity index (χ2v) is 8.90. The number of nitrogens with one attached hydrogen (secondary N) is 1. The van der Waals surface area contributed by atoms with Crippen molar-refractivity contribution in [3.05, 3.63) is 22.7 Å². The molecule has 1 atom stereocenters. The first kappa shape index (κ1) is 18.9. The predicted molar refractivity (Wildman–Crippen MR) is 92.9 cm³/mol. The van der Waals surface area contributed by atoms with Gasteiger partial charge in [-0.2, -0.15) is 0 Å². The first-order valence-corrected chi connectivity index (χ1v) is 9.93. The summed E-state index contributed by atoms with van der Waals surface area (Å²) in [7, 11) is -1.58. The number of hydrogen-bond acceptors (Lipinski definition) is 5. The van der Waals surface area contributed by atoms with Crippen molar-refractivity contribution in [3.8, 4) is 11.5 Å². The van der Waals surface area contributed by atoms with E-state index in [9.17, 15) is 13.2 Å². The van der Waals surface area contributed by atoms with Gasteiger partial charge in [0, 0.05) is 11.6 Å². The largest absolute Gasteiger partial charge is 0.493 e. The monoisotopic (exact) mass is 375 g/mol. The molecule has 6 nitrogen and oxygen atoms in total. The van der Waals surface area contributed by atoms with Gasteiger partial charge in [0.25, 0.3) is 5.91 Å². The Morgan fingerprint density at radius 2 is 2.12 bits per heavy atom. The molecular weight excluding hydrogens is 354 g/mol. The van der Waals surface area contributed by atoms with Crippen LogP contribution in [0.25, 0.3) is 0 Å². The number of halogens is 1. The Bertz CT molecular complexity index is 717. The van der Waals surface area contributed by atoms with Crippen LogP contribution >= 0.6 is 11.6 Å². The highest BCUT2D eigenvalue weighted by molar-refractivity contribution is 7.91. The van der Waals surface area contributed by atoms with E-state index in [0.29, 0.717) is 36.0 Å². The van der Waals surface area contributed by atoms with E-state index < -0.39 is 9.84 Å². The van der Waals surface area contributed by atoms with Crippen LogP contribution < -0.4 is 14.8 Å². The summed E-state index contributed by atoms with van der Waals surface area (Å²) in [5, 5.41) is 3.00. The number of carbonyl (C=O) groups excluding carboxylic acids is 1. The molecule has 1 aromatic rings. The SMILES string of the molecule is COc1cc(C(=O)NC2CCS(=O)(=O)C2)cc(Cl)c1OCC(C)C. The maximum absolute atomic E-state index is 12.3. The first-order chi connectivity index (χ1) is 11.2. The van der Waals surface area contributed by atoms with E-state index in [-0.39, 0.29) is 28.5 Å². The van der Waals surface area contributed by atoms with E-state index in [2.05, 4.69) is 5.32 Å². The summed E-state index contributed by atoms with van der Waals surface area (Å²) >= 11 is 6.22. The van der Waals surface area contributed by atoms with Gasteiger partial charge in [0.2, 0.25) is 0 Å². The maximum Gasteiger partial charge on any atom is 0.251 e. The lowest BCUT2D eigenvalue weighted by Gasteiger charge is -2.16. The van der Waals surface area contributed by atoms with Crippen molar-refractivity contribution >= 4 is 27.3 Å². The second-order valence-electron chi connectivity index (χ2n) is 6.27. The van der Waals surface area contributed by atoms with Crippen LogP contribution in [0.4, 0.5) is 0 Å². The molecule has 1 fully saturated rings. The van der Waals surface area contributed by atoms with Crippen molar-refractivity contribution in [2.24, 2.45) is 5.92 Å². The van der Waals surface area contributed by atoms with Crippen LogP contribution in [0.5, 0.6) is 11.5 Å². The normalized spacial score (nSPS) is 19.3. The van der Waals surface area contributed by atoms with Crippen LogP contribution in [0.3, 0.4) is 0 Å². The smallest absolute Gasteiger partial charge is 0.251 e. The van der Waals surface area contributed by atoms with E-state index in [1.54, 1.807) is 6.07 Å². The van der Waals surface area contributed by atoms with Crippen molar-refractivity contribution in [1.82, 2.24) is 5.32 Å². The minimum Gasteiger partial charge on any atom is -0.493 e. The van der Waals surface area contributed by atoms with Crippen molar-refractivity contribution in [2.75, 3.05) is 25.2 Å². The molecule has 0 radical (unpaired) electrons. The Morgan fingerprint density at radius 1 is 1.42 bits per heavy atom. The summed E-state index contributed by atoms with van der Waals surface area (Å²) in [6.45, 7) is 4.50. The van der Waals surface area contributed by atoms with Gasteiger partial charge in [-0.05, 0) is 24.5 Å². The molecule has 0 spiro atoms. The minimum atomic E-state index is -3.05. The topological polar surface area (TPSA) is 81.7 Å². The Labute approximate surface area is 147 Å². The van der Waals surface area contributed by atoms with E-state index in [4.69, 9.17) is 21.1 Å². The van der Waals surface area contributed by atoms with Crippen LogP contribution in [0.2, 0.25) is 5.02 Å². The van der Waals surface area contributed by atoms with Gasteiger partial charge in [0.05, 0.1) is 30.2 Å². The van der Waals surface area contributed by atoms with Crippen molar-refractivity contribution in [2.45, 2.75) is 26.3 Å². The van der Waals surface area contributed by atoms with Gasteiger partial charge in [-0.15, -0.1) is 0 Å². The Morgan fingerprint density at radius 3 is 2.67 bits per heavy atom. The van der Waals surface area contributed by atoms with Crippen LogP contribution in [-0.2, 0) is 9.84 Å². The highest BCUT2D eigenvalue weighted by Gasteiger charge is 2.29.